The molecule has 1 fully saturated rings. The summed E-state index contributed by atoms with van der Waals surface area (Å²) in [6.45, 7) is 2.17. The molecular weight excluding hydrogens is 318 g/mol. The quantitative estimate of drug-likeness (QED) is 0.814. The van der Waals surface area contributed by atoms with E-state index in [9.17, 15) is 8.42 Å². The van der Waals surface area contributed by atoms with Crippen molar-refractivity contribution >= 4 is 10.0 Å². The van der Waals surface area contributed by atoms with Gasteiger partial charge in [-0.15, -0.1) is 0 Å². The predicted molar refractivity (Wildman–Crippen MR) is 83.1 cm³/mol. The van der Waals surface area contributed by atoms with Gasteiger partial charge in [-0.1, -0.05) is 11.6 Å². The van der Waals surface area contributed by atoms with Crippen LogP contribution in [0.2, 0.25) is 0 Å². The zero-order valence-corrected chi connectivity index (χ0v) is 14.2. The SMILES string of the molecule is CCS(=O)(=O)N1CCCC[C@H]1c1nc(Cc2ccnn2C)no1. The molecule has 0 saturated carbocycles. The maximum absolute atomic E-state index is 12.3. The maximum atomic E-state index is 12.3. The summed E-state index contributed by atoms with van der Waals surface area (Å²) in [6, 6.07) is 1.55. The Hall–Kier alpha value is -1.74. The van der Waals surface area contributed by atoms with Crippen molar-refractivity contribution in [3.63, 3.8) is 0 Å². The molecule has 0 radical (unpaired) electrons. The third kappa shape index (κ3) is 3.30. The first-order valence-corrected chi connectivity index (χ1v) is 9.41. The monoisotopic (exact) mass is 339 g/mol. The summed E-state index contributed by atoms with van der Waals surface area (Å²) < 4.78 is 33.2. The van der Waals surface area contributed by atoms with Crippen LogP contribution in [0.15, 0.2) is 16.8 Å². The van der Waals surface area contributed by atoms with Crippen LogP contribution < -0.4 is 0 Å². The van der Waals surface area contributed by atoms with Gasteiger partial charge >= 0.3 is 0 Å². The highest BCUT2D eigenvalue weighted by Crippen LogP contribution is 2.32. The molecule has 0 aromatic carbocycles. The van der Waals surface area contributed by atoms with Crippen LogP contribution >= 0.6 is 0 Å². The second kappa shape index (κ2) is 6.40. The van der Waals surface area contributed by atoms with Gasteiger partial charge in [-0.25, -0.2) is 8.42 Å². The Kier molecular flexibility index (Phi) is 4.49. The highest BCUT2D eigenvalue weighted by Gasteiger charge is 2.35. The lowest BCUT2D eigenvalue weighted by Crippen LogP contribution is -2.39. The molecule has 126 valence electrons. The van der Waals surface area contributed by atoms with Crippen LogP contribution in [0.4, 0.5) is 0 Å². The molecular formula is C14H21N5O3S. The largest absolute Gasteiger partial charge is 0.338 e. The van der Waals surface area contributed by atoms with E-state index in [1.165, 1.54) is 4.31 Å². The number of rotatable bonds is 5. The summed E-state index contributed by atoms with van der Waals surface area (Å²) in [5.41, 5.74) is 0.971. The van der Waals surface area contributed by atoms with Crippen molar-refractivity contribution in [2.24, 2.45) is 7.05 Å². The first kappa shape index (κ1) is 16.1. The second-order valence-electron chi connectivity index (χ2n) is 5.69. The number of hydrogen-bond acceptors (Lipinski definition) is 6. The second-order valence-corrected chi connectivity index (χ2v) is 7.90. The van der Waals surface area contributed by atoms with Crippen molar-refractivity contribution in [3.05, 3.63) is 29.7 Å². The van der Waals surface area contributed by atoms with Crippen molar-refractivity contribution < 1.29 is 12.9 Å². The third-order valence-corrected chi connectivity index (χ3v) is 6.09. The molecule has 1 saturated heterocycles. The highest BCUT2D eigenvalue weighted by atomic mass is 32.2. The molecule has 3 rings (SSSR count). The van der Waals surface area contributed by atoms with Gasteiger partial charge in [0.25, 0.3) is 0 Å². The van der Waals surface area contributed by atoms with Crippen LogP contribution in [-0.4, -0.2) is 44.9 Å². The minimum Gasteiger partial charge on any atom is -0.338 e. The topological polar surface area (TPSA) is 94.1 Å². The molecule has 0 N–H and O–H groups in total. The first-order chi connectivity index (χ1) is 11.0. The summed E-state index contributed by atoms with van der Waals surface area (Å²) in [5.74, 6) is 1.02. The normalized spacial score (nSPS) is 20.0. The van der Waals surface area contributed by atoms with Gasteiger partial charge in [0.05, 0.1) is 12.2 Å². The van der Waals surface area contributed by atoms with Gasteiger partial charge in [0.15, 0.2) is 5.82 Å². The smallest absolute Gasteiger partial charge is 0.245 e. The molecule has 23 heavy (non-hydrogen) atoms. The van der Waals surface area contributed by atoms with E-state index in [1.807, 2.05) is 13.1 Å². The fourth-order valence-electron chi connectivity index (χ4n) is 2.86. The van der Waals surface area contributed by atoms with E-state index in [0.29, 0.717) is 31.1 Å². The van der Waals surface area contributed by atoms with E-state index in [0.717, 1.165) is 18.5 Å². The Bertz CT molecular complexity index is 767. The lowest BCUT2D eigenvalue weighted by molar-refractivity contribution is 0.204. The van der Waals surface area contributed by atoms with Crippen molar-refractivity contribution in [3.8, 4) is 0 Å². The van der Waals surface area contributed by atoms with Crippen LogP contribution in [-0.2, 0) is 23.5 Å². The van der Waals surface area contributed by atoms with E-state index >= 15 is 0 Å². The van der Waals surface area contributed by atoms with Crippen LogP contribution in [0.1, 0.15) is 49.6 Å². The molecule has 1 aliphatic heterocycles. The van der Waals surface area contributed by atoms with Crippen molar-refractivity contribution in [2.45, 2.75) is 38.6 Å². The molecule has 2 aromatic rings. The van der Waals surface area contributed by atoms with Crippen LogP contribution in [0.25, 0.3) is 0 Å². The summed E-state index contributed by atoms with van der Waals surface area (Å²) in [7, 11) is -1.42. The van der Waals surface area contributed by atoms with Gasteiger partial charge in [0, 0.05) is 25.5 Å². The lowest BCUT2D eigenvalue weighted by atomic mass is 10.1. The Morgan fingerprint density at radius 2 is 2.22 bits per heavy atom. The minimum atomic E-state index is -3.27. The van der Waals surface area contributed by atoms with Crippen LogP contribution in [0, 0.1) is 0 Å². The lowest BCUT2D eigenvalue weighted by Gasteiger charge is -2.31. The molecule has 8 nitrogen and oxygen atoms in total. The average molecular weight is 339 g/mol. The third-order valence-electron chi connectivity index (χ3n) is 4.21. The number of hydrogen-bond donors (Lipinski definition) is 0. The highest BCUT2D eigenvalue weighted by molar-refractivity contribution is 7.89. The molecule has 0 spiro atoms. The Balaban J connectivity index is 1.82. The van der Waals surface area contributed by atoms with Gasteiger partial charge in [-0.05, 0) is 25.8 Å². The summed E-state index contributed by atoms with van der Waals surface area (Å²) in [5, 5.41) is 8.11. The van der Waals surface area contributed by atoms with Crippen LogP contribution in [0.3, 0.4) is 0 Å². The van der Waals surface area contributed by atoms with Crippen molar-refractivity contribution in [1.82, 2.24) is 24.2 Å². The van der Waals surface area contributed by atoms with Crippen molar-refractivity contribution in [1.29, 1.82) is 0 Å². The number of piperidine rings is 1. The van der Waals surface area contributed by atoms with E-state index in [1.54, 1.807) is 17.8 Å². The van der Waals surface area contributed by atoms with Gasteiger partial charge < -0.3 is 4.52 Å². The average Bonchev–Trinajstić information content (AvgIpc) is 3.18. The van der Waals surface area contributed by atoms with E-state index in [-0.39, 0.29) is 11.8 Å². The molecule has 9 heteroatoms. The zero-order valence-electron chi connectivity index (χ0n) is 13.3. The summed E-state index contributed by atoms with van der Waals surface area (Å²) >= 11 is 0. The van der Waals surface area contributed by atoms with E-state index < -0.39 is 10.0 Å². The Labute approximate surface area is 135 Å². The van der Waals surface area contributed by atoms with Gasteiger partial charge in [-0.2, -0.15) is 14.4 Å². The molecule has 0 unspecified atom stereocenters. The fraction of sp³-hybridized carbons (Fsp3) is 0.643. The fourth-order valence-corrected chi connectivity index (χ4v) is 4.18. The molecule has 0 amide bonds. The van der Waals surface area contributed by atoms with Gasteiger partial charge in [0.1, 0.15) is 6.04 Å². The maximum Gasteiger partial charge on any atom is 0.245 e. The number of aromatic nitrogens is 4. The number of aryl methyl sites for hydroxylation is 1. The first-order valence-electron chi connectivity index (χ1n) is 7.80. The van der Waals surface area contributed by atoms with E-state index in [2.05, 4.69) is 15.2 Å². The van der Waals surface area contributed by atoms with Gasteiger partial charge in [-0.3, -0.25) is 4.68 Å². The van der Waals surface area contributed by atoms with Crippen LogP contribution in [0.5, 0.6) is 0 Å². The standard InChI is InChI=1S/C14H21N5O3S/c1-3-23(20,21)19-9-5-4-6-12(19)14-16-13(17-22-14)10-11-7-8-15-18(11)2/h7-8,12H,3-6,9-10H2,1-2H3/t12-/m0/s1. The molecule has 0 bridgehead atoms. The molecule has 1 atom stereocenters. The summed E-state index contributed by atoms with van der Waals surface area (Å²) in [6.07, 6.45) is 4.76. The number of sulfonamides is 1. The molecule has 0 aliphatic carbocycles. The van der Waals surface area contributed by atoms with E-state index in [4.69, 9.17) is 4.52 Å². The minimum absolute atomic E-state index is 0.0829. The molecule has 1 aliphatic rings. The number of nitrogens with zero attached hydrogens (tertiary/aromatic N) is 5. The Morgan fingerprint density at radius 3 is 2.91 bits per heavy atom. The Morgan fingerprint density at radius 1 is 1.39 bits per heavy atom. The predicted octanol–water partition coefficient (Wildman–Crippen LogP) is 1.27. The van der Waals surface area contributed by atoms with Crippen molar-refractivity contribution in [2.75, 3.05) is 12.3 Å². The molecule has 3 heterocycles. The summed E-state index contributed by atoms with van der Waals surface area (Å²) in [4.78, 5) is 4.42. The zero-order chi connectivity index (χ0) is 16.4. The van der Waals surface area contributed by atoms with Gasteiger partial charge in [0.2, 0.25) is 15.9 Å². The molecule has 2 aromatic heterocycles.